The summed E-state index contributed by atoms with van der Waals surface area (Å²) in [5.74, 6) is 2.34. The van der Waals surface area contributed by atoms with Crippen LogP contribution in [0, 0.1) is 29.1 Å². The minimum absolute atomic E-state index is 0.0000529. The van der Waals surface area contributed by atoms with Crippen molar-refractivity contribution < 1.29 is 18.0 Å². The number of hydrogen-bond acceptors (Lipinski definition) is 4. The summed E-state index contributed by atoms with van der Waals surface area (Å²) in [6.45, 7) is 0.380. The van der Waals surface area contributed by atoms with E-state index in [1.54, 1.807) is 0 Å². The van der Waals surface area contributed by atoms with Crippen molar-refractivity contribution in [3.05, 3.63) is 0 Å². The van der Waals surface area contributed by atoms with E-state index in [9.17, 15) is 18.0 Å². The number of carbonyl (C=O) groups is 2. The SMILES string of the molecule is O=C(CNC(=O)C12CC3CC(CC(C3)C1)C2)NC[C@H]1CCS(=O)(=O)C1. The molecule has 1 aliphatic heterocycles. The number of sulfone groups is 1. The number of hydrogen-bond donors (Lipinski definition) is 2. The van der Waals surface area contributed by atoms with Gasteiger partial charge >= 0.3 is 0 Å². The monoisotopic (exact) mass is 368 g/mol. The topological polar surface area (TPSA) is 92.3 Å². The van der Waals surface area contributed by atoms with Gasteiger partial charge in [-0.25, -0.2) is 8.42 Å². The van der Waals surface area contributed by atoms with Crippen LogP contribution < -0.4 is 10.6 Å². The smallest absolute Gasteiger partial charge is 0.239 e. The Morgan fingerprint density at radius 3 is 2.08 bits per heavy atom. The van der Waals surface area contributed by atoms with E-state index in [2.05, 4.69) is 10.6 Å². The molecule has 7 heteroatoms. The molecule has 0 radical (unpaired) electrons. The number of nitrogens with one attached hydrogen (secondary N) is 2. The van der Waals surface area contributed by atoms with Gasteiger partial charge in [-0.1, -0.05) is 0 Å². The highest BCUT2D eigenvalue weighted by Gasteiger charge is 2.54. The molecule has 5 fully saturated rings. The Labute approximate surface area is 149 Å². The minimum atomic E-state index is -2.92. The van der Waals surface area contributed by atoms with E-state index in [1.165, 1.54) is 19.3 Å². The van der Waals surface area contributed by atoms with E-state index in [-0.39, 0.29) is 41.2 Å². The number of rotatable bonds is 5. The maximum Gasteiger partial charge on any atom is 0.239 e. The first-order chi connectivity index (χ1) is 11.8. The van der Waals surface area contributed by atoms with Gasteiger partial charge in [-0.3, -0.25) is 9.59 Å². The second-order valence-electron chi connectivity index (χ2n) is 8.95. The Morgan fingerprint density at radius 1 is 0.960 bits per heavy atom. The molecule has 140 valence electrons. The molecule has 2 amide bonds. The van der Waals surface area contributed by atoms with Gasteiger partial charge in [-0.15, -0.1) is 0 Å². The zero-order valence-corrected chi connectivity index (χ0v) is 15.4. The molecule has 5 rings (SSSR count). The predicted molar refractivity (Wildman–Crippen MR) is 93.4 cm³/mol. The molecular formula is C18H28N2O4S. The van der Waals surface area contributed by atoms with Crippen LogP contribution >= 0.6 is 0 Å². The highest BCUT2D eigenvalue weighted by Crippen LogP contribution is 2.60. The molecule has 0 aromatic carbocycles. The molecule has 0 unspecified atom stereocenters. The molecule has 0 aromatic heterocycles. The maximum atomic E-state index is 12.8. The molecule has 0 spiro atoms. The van der Waals surface area contributed by atoms with Crippen molar-refractivity contribution in [3.63, 3.8) is 0 Å². The second-order valence-corrected chi connectivity index (χ2v) is 11.2. The molecule has 4 bridgehead atoms. The Hall–Kier alpha value is -1.11. The first-order valence-corrected chi connectivity index (χ1v) is 11.4. The first kappa shape index (κ1) is 17.3. The molecule has 1 atom stereocenters. The molecule has 2 N–H and O–H groups in total. The van der Waals surface area contributed by atoms with Crippen LogP contribution in [0.3, 0.4) is 0 Å². The van der Waals surface area contributed by atoms with Gasteiger partial charge in [0.05, 0.1) is 18.1 Å². The summed E-state index contributed by atoms with van der Waals surface area (Å²) in [6.07, 6.45) is 7.46. The van der Waals surface area contributed by atoms with Gasteiger partial charge in [0.1, 0.15) is 0 Å². The zero-order chi connectivity index (χ0) is 17.7. The Morgan fingerprint density at radius 2 is 1.56 bits per heavy atom. The largest absolute Gasteiger partial charge is 0.354 e. The van der Waals surface area contributed by atoms with E-state index < -0.39 is 9.84 Å². The van der Waals surface area contributed by atoms with Gasteiger partial charge in [0.15, 0.2) is 9.84 Å². The van der Waals surface area contributed by atoms with E-state index in [1.807, 2.05) is 0 Å². The predicted octanol–water partition coefficient (Wildman–Crippen LogP) is 0.870. The first-order valence-electron chi connectivity index (χ1n) is 9.59. The van der Waals surface area contributed by atoms with Crippen molar-refractivity contribution in [3.8, 4) is 0 Å². The summed E-state index contributed by atoms with van der Waals surface area (Å²) < 4.78 is 22.9. The van der Waals surface area contributed by atoms with E-state index >= 15 is 0 Å². The van der Waals surface area contributed by atoms with Gasteiger partial charge in [-0.05, 0) is 68.6 Å². The van der Waals surface area contributed by atoms with Crippen LogP contribution in [0.4, 0.5) is 0 Å². The molecule has 5 aliphatic rings. The standard InChI is InChI=1S/C18H28N2O4S/c21-16(19-9-12-1-2-25(23,24)11-12)10-20-17(22)18-6-13-3-14(7-18)5-15(4-13)8-18/h12-15H,1-11H2,(H,19,21)(H,20,22)/t12-,13?,14?,15?,18?/m1/s1. The lowest BCUT2D eigenvalue weighted by molar-refractivity contribution is -0.147. The lowest BCUT2D eigenvalue weighted by atomic mass is 9.49. The molecule has 0 aromatic rings. The average molecular weight is 368 g/mol. The fourth-order valence-electron chi connectivity index (χ4n) is 6.09. The molecule has 25 heavy (non-hydrogen) atoms. The fraction of sp³-hybridized carbons (Fsp3) is 0.889. The third kappa shape index (κ3) is 3.57. The third-order valence-electron chi connectivity index (χ3n) is 6.84. The van der Waals surface area contributed by atoms with Crippen molar-refractivity contribution >= 4 is 21.7 Å². The van der Waals surface area contributed by atoms with Crippen molar-refractivity contribution in [1.82, 2.24) is 10.6 Å². The van der Waals surface area contributed by atoms with Gasteiger partial charge in [0.25, 0.3) is 0 Å². The second kappa shape index (κ2) is 6.25. The summed E-state index contributed by atoms with van der Waals surface area (Å²) >= 11 is 0. The molecular weight excluding hydrogens is 340 g/mol. The Kier molecular flexibility index (Phi) is 4.33. The van der Waals surface area contributed by atoms with Gasteiger partial charge in [0.2, 0.25) is 11.8 Å². The minimum Gasteiger partial charge on any atom is -0.354 e. The number of carbonyl (C=O) groups excluding carboxylic acids is 2. The summed E-state index contributed by atoms with van der Waals surface area (Å²) in [6, 6.07) is 0. The Balaban J connectivity index is 1.24. The molecule has 1 heterocycles. The van der Waals surface area contributed by atoms with Crippen LogP contribution in [-0.4, -0.2) is 44.8 Å². The van der Waals surface area contributed by atoms with Crippen LogP contribution in [0.2, 0.25) is 0 Å². The van der Waals surface area contributed by atoms with Crippen LogP contribution in [0.5, 0.6) is 0 Å². The quantitative estimate of drug-likeness (QED) is 0.753. The van der Waals surface area contributed by atoms with Crippen LogP contribution in [0.1, 0.15) is 44.9 Å². The maximum absolute atomic E-state index is 12.8. The van der Waals surface area contributed by atoms with Crippen LogP contribution in [-0.2, 0) is 19.4 Å². The van der Waals surface area contributed by atoms with Crippen molar-refractivity contribution in [1.29, 1.82) is 0 Å². The summed E-state index contributed by atoms with van der Waals surface area (Å²) in [5.41, 5.74) is -0.228. The lowest BCUT2D eigenvalue weighted by Gasteiger charge is -2.55. The fourth-order valence-corrected chi connectivity index (χ4v) is 7.95. The summed E-state index contributed by atoms with van der Waals surface area (Å²) in [5, 5.41) is 5.64. The molecule has 1 saturated heterocycles. The summed E-state index contributed by atoms with van der Waals surface area (Å²) in [4.78, 5) is 24.8. The normalized spacial score (nSPS) is 40.8. The highest BCUT2D eigenvalue weighted by atomic mass is 32.2. The van der Waals surface area contributed by atoms with Crippen molar-refractivity contribution in [2.75, 3.05) is 24.6 Å². The van der Waals surface area contributed by atoms with Gasteiger partial charge in [0, 0.05) is 12.0 Å². The molecule has 4 saturated carbocycles. The highest BCUT2D eigenvalue weighted by molar-refractivity contribution is 7.91. The van der Waals surface area contributed by atoms with Crippen molar-refractivity contribution in [2.24, 2.45) is 29.1 Å². The lowest BCUT2D eigenvalue weighted by Crippen LogP contribution is -2.54. The summed E-state index contributed by atoms with van der Waals surface area (Å²) in [7, 11) is -2.92. The average Bonchev–Trinajstić information content (AvgIpc) is 2.88. The molecule has 4 aliphatic carbocycles. The molecule has 6 nitrogen and oxygen atoms in total. The van der Waals surface area contributed by atoms with Gasteiger partial charge in [-0.2, -0.15) is 0 Å². The third-order valence-corrected chi connectivity index (χ3v) is 8.68. The Bertz CT molecular complexity index is 637. The van der Waals surface area contributed by atoms with E-state index in [0.29, 0.717) is 30.7 Å². The van der Waals surface area contributed by atoms with Gasteiger partial charge < -0.3 is 10.6 Å². The van der Waals surface area contributed by atoms with E-state index in [4.69, 9.17) is 0 Å². The van der Waals surface area contributed by atoms with E-state index in [0.717, 1.165) is 19.3 Å². The zero-order valence-electron chi connectivity index (χ0n) is 14.6. The van der Waals surface area contributed by atoms with Crippen LogP contribution in [0.25, 0.3) is 0 Å². The number of amides is 2. The van der Waals surface area contributed by atoms with Crippen molar-refractivity contribution in [2.45, 2.75) is 44.9 Å². The van der Waals surface area contributed by atoms with Crippen LogP contribution in [0.15, 0.2) is 0 Å².